The zero-order chi connectivity index (χ0) is 20.1. The molecule has 0 spiro atoms. The molecular formula is C21H26N2O4S. The lowest BCUT2D eigenvalue weighted by molar-refractivity contribution is -0.122. The van der Waals surface area contributed by atoms with Crippen LogP contribution in [0.3, 0.4) is 0 Å². The first-order valence-corrected chi connectivity index (χ1v) is 11.0. The van der Waals surface area contributed by atoms with Crippen molar-refractivity contribution in [1.82, 2.24) is 10.0 Å². The van der Waals surface area contributed by atoms with Gasteiger partial charge in [-0.15, -0.1) is 0 Å². The monoisotopic (exact) mass is 402 g/mol. The van der Waals surface area contributed by atoms with E-state index < -0.39 is 16.1 Å². The van der Waals surface area contributed by atoms with Crippen LogP contribution in [0.15, 0.2) is 53.4 Å². The molecule has 1 aliphatic carbocycles. The van der Waals surface area contributed by atoms with Gasteiger partial charge in [0.15, 0.2) is 0 Å². The van der Waals surface area contributed by atoms with E-state index >= 15 is 0 Å². The number of sulfonamides is 1. The number of hydrogen-bond acceptors (Lipinski definition) is 4. The molecule has 2 aromatic carbocycles. The molecule has 0 heterocycles. The van der Waals surface area contributed by atoms with E-state index in [4.69, 9.17) is 4.74 Å². The van der Waals surface area contributed by atoms with Gasteiger partial charge >= 0.3 is 0 Å². The van der Waals surface area contributed by atoms with Gasteiger partial charge in [-0.05, 0) is 62.4 Å². The highest BCUT2D eigenvalue weighted by molar-refractivity contribution is 7.89. The number of amides is 1. The summed E-state index contributed by atoms with van der Waals surface area (Å²) in [5, 5.41) is 2.90. The molecule has 150 valence electrons. The number of ether oxygens (including phenoxy) is 1. The van der Waals surface area contributed by atoms with Crippen LogP contribution in [0, 0.1) is 6.92 Å². The third kappa shape index (κ3) is 5.33. The quantitative estimate of drug-likeness (QED) is 0.675. The van der Waals surface area contributed by atoms with E-state index in [2.05, 4.69) is 10.0 Å². The number of carbonyl (C=O) groups is 1. The van der Waals surface area contributed by atoms with Gasteiger partial charge in [0.1, 0.15) is 11.8 Å². The van der Waals surface area contributed by atoms with Gasteiger partial charge in [-0.2, -0.15) is 4.72 Å². The molecule has 2 aromatic rings. The Bertz CT molecular complexity index is 925. The van der Waals surface area contributed by atoms with E-state index in [1.807, 2.05) is 37.3 Å². The molecule has 1 unspecified atom stereocenters. The molecule has 0 radical (unpaired) electrons. The van der Waals surface area contributed by atoms with Gasteiger partial charge in [-0.3, -0.25) is 4.79 Å². The Hall–Kier alpha value is -2.38. The van der Waals surface area contributed by atoms with Crippen LogP contribution in [-0.2, 0) is 21.2 Å². The summed E-state index contributed by atoms with van der Waals surface area (Å²) in [6.45, 7) is 4.18. The second-order valence-electron chi connectivity index (χ2n) is 7.01. The van der Waals surface area contributed by atoms with Crippen LogP contribution in [0.2, 0.25) is 0 Å². The molecule has 0 saturated heterocycles. The molecule has 28 heavy (non-hydrogen) atoms. The van der Waals surface area contributed by atoms with Crippen LogP contribution < -0.4 is 14.8 Å². The molecule has 1 aliphatic rings. The zero-order valence-corrected chi connectivity index (χ0v) is 17.0. The maximum Gasteiger partial charge on any atom is 0.241 e. The predicted molar refractivity (Wildman–Crippen MR) is 108 cm³/mol. The molecule has 1 atom stereocenters. The lowest BCUT2D eigenvalue weighted by Gasteiger charge is -2.19. The van der Waals surface area contributed by atoms with Crippen molar-refractivity contribution in [3.63, 3.8) is 0 Å². The highest BCUT2D eigenvalue weighted by Gasteiger charge is 2.30. The van der Waals surface area contributed by atoms with Crippen molar-refractivity contribution in [3.05, 3.63) is 59.7 Å². The molecule has 2 N–H and O–H groups in total. The number of aryl methyl sites for hydroxylation is 1. The van der Waals surface area contributed by atoms with Crippen LogP contribution in [0.5, 0.6) is 5.75 Å². The third-order valence-electron chi connectivity index (χ3n) is 4.58. The Kier molecular flexibility index (Phi) is 6.36. The van der Waals surface area contributed by atoms with Gasteiger partial charge in [-0.25, -0.2) is 8.42 Å². The van der Waals surface area contributed by atoms with Crippen molar-refractivity contribution < 1.29 is 17.9 Å². The lowest BCUT2D eigenvalue weighted by atomic mass is 10.1. The van der Waals surface area contributed by atoms with E-state index in [-0.39, 0.29) is 23.3 Å². The molecule has 6 nitrogen and oxygen atoms in total. The average Bonchev–Trinajstić information content (AvgIpc) is 3.47. The second kappa shape index (κ2) is 8.75. The molecule has 0 bridgehead atoms. The van der Waals surface area contributed by atoms with Crippen molar-refractivity contribution in [2.75, 3.05) is 6.61 Å². The number of benzene rings is 2. The van der Waals surface area contributed by atoms with E-state index in [1.165, 1.54) is 6.07 Å². The van der Waals surface area contributed by atoms with Gasteiger partial charge in [0, 0.05) is 6.04 Å². The van der Waals surface area contributed by atoms with Crippen LogP contribution in [0.25, 0.3) is 0 Å². The van der Waals surface area contributed by atoms with Gasteiger partial charge < -0.3 is 10.1 Å². The van der Waals surface area contributed by atoms with Crippen LogP contribution in [0.4, 0.5) is 0 Å². The van der Waals surface area contributed by atoms with Crippen molar-refractivity contribution in [1.29, 1.82) is 0 Å². The average molecular weight is 403 g/mol. The summed E-state index contributed by atoms with van der Waals surface area (Å²) in [7, 11) is -3.86. The summed E-state index contributed by atoms with van der Waals surface area (Å²) >= 11 is 0. The zero-order valence-electron chi connectivity index (χ0n) is 16.1. The standard InChI is InChI=1S/C21H26N2O4S/c1-3-27-20-12-11-18(13-15(20)2)28(25,26)23-19(21(24)22-17-9-10-17)14-16-7-5-4-6-8-16/h4-8,11-13,17,19,23H,3,9-10,14H2,1-2H3,(H,22,24). The van der Waals surface area contributed by atoms with Gasteiger partial charge in [0.2, 0.25) is 15.9 Å². The Morgan fingerprint density at radius 2 is 1.89 bits per heavy atom. The molecule has 1 amide bonds. The first kappa shape index (κ1) is 20.4. The molecule has 0 aliphatic heterocycles. The highest BCUT2D eigenvalue weighted by Crippen LogP contribution is 2.23. The minimum absolute atomic E-state index is 0.116. The SMILES string of the molecule is CCOc1ccc(S(=O)(=O)NC(Cc2ccccc2)C(=O)NC2CC2)cc1C. The summed E-state index contributed by atoms with van der Waals surface area (Å²) in [6, 6.07) is 13.4. The number of carbonyl (C=O) groups excluding carboxylic acids is 1. The van der Waals surface area contributed by atoms with Crippen LogP contribution >= 0.6 is 0 Å². The normalized spacial score (nSPS) is 15.1. The first-order chi connectivity index (χ1) is 13.4. The summed E-state index contributed by atoms with van der Waals surface area (Å²) < 4.78 is 33.9. The van der Waals surface area contributed by atoms with Gasteiger partial charge in [-0.1, -0.05) is 30.3 Å². The summed E-state index contributed by atoms with van der Waals surface area (Å²) in [6.07, 6.45) is 2.16. The van der Waals surface area contributed by atoms with E-state index in [9.17, 15) is 13.2 Å². The lowest BCUT2D eigenvalue weighted by Crippen LogP contribution is -2.48. The number of hydrogen-bond donors (Lipinski definition) is 2. The maximum absolute atomic E-state index is 12.9. The van der Waals surface area contributed by atoms with E-state index in [0.29, 0.717) is 12.4 Å². The predicted octanol–water partition coefficient (Wildman–Crippen LogP) is 2.56. The van der Waals surface area contributed by atoms with Gasteiger partial charge in [0.25, 0.3) is 0 Å². The number of nitrogens with one attached hydrogen (secondary N) is 2. The minimum Gasteiger partial charge on any atom is -0.494 e. The second-order valence-corrected chi connectivity index (χ2v) is 8.72. The topological polar surface area (TPSA) is 84.5 Å². The highest BCUT2D eigenvalue weighted by atomic mass is 32.2. The fraction of sp³-hybridized carbons (Fsp3) is 0.381. The Balaban J connectivity index is 1.81. The fourth-order valence-corrected chi connectivity index (χ4v) is 4.21. The molecule has 3 rings (SSSR count). The van der Waals surface area contributed by atoms with Crippen molar-refractivity contribution in [2.45, 2.75) is 50.1 Å². The Morgan fingerprint density at radius 1 is 1.18 bits per heavy atom. The Morgan fingerprint density at radius 3 is 2.50 bits per heavy atom. The molecule has 7 heteroatoms. The molecule has 1 saturated carbocycles. The Labute approximate surface area is 166 Å². The third-order valence-corrected chi connectivity index (χ3v) is 6.05. The van der Waals surface area contributed by atoms with Crippen molar-refractivity contribution in [3.8, 4) is 5.75 Å². The van der Waals surface area contributed by atoms with Crippen LogP contribution in [0.1, 0.15) is 30.9 Å². The molecule has 1 fully saturated rings. The summed E-state index contributed by atoms with van der Waals surface area (Å²) in [4.78, 5) is 12.8. The maximum atomic E-state index is 12.9. The first-order valence-electron chi connectivity index (χ1n) is 9.49. The fourth-order valence-electron chi connectivity index (χ4n) is 2.93. The smallest absolute Gasteiger partial charge is 0.241 e. The van der Waals surface area contributed by atoms with Crippen LogP contribution in [-0.4, -0.2) is 33.0 Å². The molecule has 0 aromatic heterocycles. The summed E-state index contributed by atoms with van der Waals surface area (Å²) in [5.41, 5.74) is 1.62. The number of rotatable bonds is 9. The van der Waals surface area contributed by atoms with E-state index in [0.717, 1.165) is 24.0 Å². The summed E-state index contributed by atoms with van der Waals surface area (Å²) in [5.74, 6) is 0.353. The van der Waals surface area contributed by atoms with Gasteiger partial charge in [0.05, 0.1) is 11.5 Å². The largest absolute Gasteiger partial charge is 0.494 e. The molecular weight excluding hydrogens is 376 g/mol. The van der Waals surface area contributed by atoms with E-state index in [1.54, 1.807) is 19.1 Å². The van der Waals surface area contributed by atoms with Crippen molar-refractivity contribution >= 4 is 15.9 Å². The minimum atomic E-state index is -3.86. The van der Waals surface area contributed by atoms with Crippen molar-refractivity contribution in [2.24, 2.45) is 0 Å².